The van der Waals surface area contributed by atoms with Gasteiger partial charge in [-0.3, -0.25) is 14.1 Å². The van der Waals surface area contributed by atoms with E-state index in [1.54, 1.807) is 48.7 Å². The molecule has 0 radical (unpaired) electrons. The molecule has 2 aromatic carbocycles. The maximum Gasteiger partial charge on any atom is 0.264 e. The van der Waals surface area contributed by atoms with Crippen molar-refractivity contribution in [3.05, 3.63) is 78.6 Å². The normalized spacial score (nSPS) is 10.9. The summed E-state index contributed by atoms with van der Waals surface area (Å²) in [5.74, 6) is 0.781. The Morgan fingerprint density at radius 2 is 1.62 bits per heavy atom. The Hall–Kier alpha value is -3.59. The van der Waals surface area contributed by atoms with Gasteiger partial charge in [0.1, 0.15) is 11.5 Å². The second-order valence-electron chi connectivity index (χ2n) is 6.76. The number of aromatic nitrogens is 1. The molecule has 0 unspecified atom stereocenters. The summed E-state index contributed by atoms with van der Waals surface area (Å²) < 4.78 is 37.8. The van der Waals surface area contributed by atoms with Gasteiger partial charge in [-0.15, -0.1) is 0 Å². The number of nitrogens with one attached hydrogen (secondary N) is 1. The van der Waals surface area contributed by atoms with Gasteiger partial charge < -0.3 is 14.8 Å². The number of carbonyl (C=O) groups is 1. The highest BCUT2D eigenvalue weighted by molar-refractivity contribution is 7.92. The van der Waals surface area contributed by atoms with Crippen molar-refractivity contribution >= 4 is 21.6 Å². The second-order valence-corrected chi connectivity index (χ2v) is 8.73. The van der Waals surface area contributed by atoms with Crippen molar-refractivity contribution in [2.75, 3.05) is 24.6 Å². The predicted molar refractivity (Wildman–Crippen MR) is 121 cm³/mol. The van der Waals surface area contributed by atoms with Crippen LogP contribution in [0, 0.1) is 0 Å². The topological polar surface area (TPSA) is 97.8 Å². The molecule has 0 saturated heterocycles. The molecule has 0 bridgehead atoms. The molecule has 0 aliphatic rings. The third-order valence-corrected chi connectivity index (χ3v) is 6.36. The number of hydrogen-bond acceptors (Lipinski definition) is 6. The predicted octanol–water partition coefficient (Wildman–Crippen LogP) is 3.00. The molecule has 9 heteroatoms. The van der Waals surface area contributed by atoms with Crippen molar-refractivity contribution in [2.45, 2.75) is 18.4 Å². The van der Waals surface area contributed by atoms with Crippen molar-refractivity contribution in [3.63, 3.8) is 0 Å². The number of benzene rings is 2. The van der Waals surface area contributed by atoms with Gasteiger partial charge in [0.2, 0.25) is 0 Å². The number of anilines is 1. The van der Waals surface area contributed by atoms with E-state index < -0.39 is 10.0 Å². The lowest BCUT2D eigenvalue weighted by Crippen LogP contribution is -2.28. The molecule has 168 valence electrons. The molecule has 1 amide bonds. The first-order chi connectivity index (χ1) is 15.4. The minimum atomic E-state index is -3.73. The average Bonchev–Trinajstić information content (AvgIpc) is 2.82. The van der Waals surface area contributed by atoms with E-state index in [0.717, 1.165) is 5.69 Å². The van der Waals surface area contributed by atoms with E-state index in [2.05, 4.69) is 10.3 Å². The fraction of sp³-hybridized carbons (Fsp3) is 0.217. The van der Waals surface area contributed by atoms with E-state index in [1.165, 1.54) is 23.5 Å². The summed E-state index contributed by atoms with van der Waals surface area (Å²) in [5.41, 5.74) is 1.22. The van der Waals surface area contributed by atoms with Gasteiger partial charge in [-0.1, -0.05) is 6.07 Å². The van der Waals surface area contributed by atoms with E-state index in [4.69, 9.17) is 9.47 Å². The van der Waals surface area contributed by atoms with Crippen LogP contribution in [-0.4, -0.2) is 39.6 Å². The molecule has 0 atom stereocenters. The number of carbonyl (C=O) groups excluding carboxylic acids is 1. The monoisotopic (exact) mass is 455 g/mol. The lowest BCUT2D eigenvalue weighted by molar-refractivity contribution is -0.123. The van der Waals surface area contributed by atoms with E-state index in [1.807, 2.05) is 19.1 Å². The quantitative estimate of drug-likeness (QED) is 0.505. The Morgan fingerprint density at radius 1 is 0.969 bits per heavy atom. The maximum atomic E-state index is 12.9. The minimum absolute atomic E-state index is 0.160. The largest absolute Gasteiger partial charge is 0.494 e. The van der Waals surface area contributed by atoms with Crippen molar-refractivity contribution in [1.29, 1.82) is 0 Å². The lowest BCUT2D eigenvalue weighted by atomic mass is 10.3. The van der Waals surface area contributed by atoms with Crippen molar-refractivity contribution in [1.82, 2.24) is 10.3 Å². The molecule has 1 aromatic heterocycles. The Labute approximate surface area is 187 Å². The molecule has 0 fully saturated rings. The molecule has 3 rings (SSSR count). The molecular weight excluding hydrogens is 430 g/mol. The van der Waals surface area contributed by atoms with Crippen LogP contribution >= 0.6 is 0 Å². The van der Waals surface area contributed by atoms with Crippen LogP contribution in [0.25, 0.3) is 0 Å². The smallest absolute Gasteiger partial charge is 0.264 e. The molecule has 1 N–H and O–H groups in total. The summed E-state index contributed by atoms with van der Waals surface area (Å²) in [6, 6.07) is 18.2. The van der Waals surface area contributed by atoms with Gasteiger partial charge in [0.05, 0.1) is 29.4 Å². The van der Waals surface area contributed by atoms with Crippen molar-refractivity contribution < 1.29 is 22.7 Å². The van der Waals surface area contributed by atoms with E-state index in [-0.39, 0.29) is 17.4 Å². The van der Waals surface area contributed by atoms with Crippen molar-refractivity contribution in [2.24, 2.45) is 0 Å². The first-order valence-corrected chi connectivity index (χ1v) is 11.5. The van der Waals surface area contributed by atoms with Gasteiger partial charge in [-0.25, -0.2) is 8.42 Å². The zero-order chi connectivity index (χ0) is 23.0. The molecule has 3 aromatic rings. The molecule has 0 saturated carbocycles. The molecule has 0 aliphatic carbocycles. The SMILES string of the molecule is CCOc1ccc(S(=O)(=O)N(C)c2ccc(OCC(=O)NCc3ccccn3)cc2)cc1. The summed E-state index contributed by atoms with van der Waals surface area (Å²) in [4.78, 5) is 16.3. The number of hydrogen-bond donors (Lipinski definition) is 1. The molecule has 0 spiro atoms. The summed E-state index contributed by atoms with van der Waals surface area (Å²) in [5, 5.41) is 2.73. The summed E-state index contributed by atoms with van der Waals surface area (Å²) in [6.45, 7) is 2.52. The van der Waals surface area contributed by atoms with Crippen LogP contribution in [0.4, 0.5) is 5.69 Å². The van der Waals surface area contributed by atoms with E-state index in [9.17, 15) is 13.2 Å². The van der Waals surface area contributed by atoms with Crippen LogP contribution in [0.2, 0.25) is 0 Å². The molecule has 0 aliphatic heterocycles. The average molecular weight is 456 g/mol. The first kappa shape index (κ1) is 23.1. The Kier molecular flexibility index (Phi) is 7.67. The Bertz CT molecular complexity index is 1120. The van der Waals surface area contributed by atoms with Gasteiger partial charge in [-0.2, -0.15) is 0 Å². The number of ether oxygens (including phenoxy) is 2. The number of sulfonamides is 1. The number of nitrogens with zero attached hydrogens (tertiary/aromatic N) is 2. The second kappa shape index (κ2) is 10.6. The lowest BCUT2D eigenvalue weighted by Gasteiger charge is -2.20. The van der Waals surface area contributed by atoms with Gasteiger partial charge in [-0.05, 0) is 67.6 Å². The third-order valence-electron chi connectivity index (χ3n) is 4.56. The number of pyridine rings is 1. The molecular formula is C23H25N3O5S. The highest BCUT2D eigenvalue weighted by Crippen LogP contribution is 2.25. The zero-order valence-electron chi connectivity index (χ0n) is 17.9. The molecule has 32 heavy (non-hydrogen) atoms. The van der Waals surface area contributed by atoms with Crippen LogP contribution in [0.15, 0.2) is 77.8 Å². The number of amides is 1. The highest BCUT2D eigenvalue weighted by Gasteiger charge is 2.21. The van der Waals surface area contributed by atoms with Gasteiger partial charge >= 0.3 is 0 Å². The molecule has 8 nitrogen and oxygen atoms in total. The highest BCUT2D eigenvalue weighted by atomic mass is 32.2. The third kappa shape index (κ3) is 5.98. The van der Waals surface area contributed by atoms with Gasteiger partial charge in [0.25, 0.3) is 15.9 Å². The Balaban J connectivity index is 1.56. The van der Waals surface area contributed by atoms with E-state index >= 15 is 0 Å². The zero-order valence-corrected chi connectivity index (χ0v) is 18.7. The van der Waals surface area contributed by atoms with Crippen LogP contribution in [-0.2, 0) is 21.4 Å². The fourth-order valence-corrected chi connectivity index (χ4v) is 4.01. The first-order valence-electron chi connectivity index (χ1n) is 10.0. The van der Waals surface area contributed by atoms with Gasteiger partial charge in [0.15, 0.2) is 6.61 Å². The van der Waals surface area contributed by atoms with Gasteiger partial charge in [0, 0.05) is 13.2 Å². The van der Waals surface area contributed by atoms with Crippen LogP contribution in [0.5, 0.6) is 11.5 Å². The summed E-state index contributed by atoms with van der Waals surface area (Å²) in [6.07, 6.45) is 1.66. The van der Waals surface area contributed by atoms with Crippen LogP contribution in [0.3, 0.4) is 0 Å². The van der Waals surface area contributed by atoms with Crippen LogP contribution < -0.4 is 19.1 Å². The Morgan fingerprint density at radius 3 is 2.25 bits per heavy atom. The summed E-state index contributed by atoms with van der Waals surface area (Å²) >= 11 is 0. The summed E-state index contributed by atoms with van der Waals surface area (Å²) in [7, 11) is -2.25. The van der Waals surface area contributed by atoms with Crippen LogP contribution in [0.1, 0.15) is 12.6 Å². The van der Waals surface area contributed by atoms with Crippen molar-refractivity contribution in [3.8, 4) is 11.5 Å². The molecule has 1 heterocycles. The standard InChI is InChI=1S/C23H25N3O5S/c1-3-30-20-11-13-22(14-12-20)32(28,29)26(2)19-7-9-21(10-8-19)31-17-23(27)25-16-18-6-4-5-15-24-18/h4-15H,3,16-17H2,1-2H3,(H,25,27). The van der Waals surface area contributed by atoms with E-state index in [0.29, 0.717) is 30.3 Å². The minimum Gasteiger partial charge on any atom is -0.494 e. The maximum absolute atomic E-state index is 12.9. The number of rotatable bonds is 10. The fourth-order valence-electron chi connectivity index (χ4n) is 2.82.